The van der Waals surface area contributed by atoms with Crippen LogP contribution in [0.1, 0.15) is 13.3 Å². The number of nitrogens with one attached hydrogen (secondary N) is 1. The Hall–Kier alpha value is -1.83. The fourth-order valence-corrected chi connectivity index (χ4v) is 1.82. The molecule has 118 valence electrons. The van der Waals surface area contributed by atoms with Crippen LogP contribution in [0.25, 0.3) is 0 Å². The standard InChI is InChI=1S/C13H17F4N3O/c1-2-5-20(8-13(15,16)17)7-12(21)19-11-4-3-9(14)6-10(11)18/h3-4,6H,2,5,7-8,18H2,1H3,(H,19,21). The second-order valence-corrected chi connectivity index (χ2v) is 4.61. The van der Waals surface area contributed by atoms with E-state index in [1.54, 1.807) is 6.92 Å². The van der Waals surface area contributed by atoms with E-state index in [0.29, 0.717) is 6.42 Å². The number of nitrogens with two attached hydrogens (primary N) is 1. The maximum atomic E-state index is 12.9. The molecule has 0 fully saturated rings. The molecule has 1 aromatic carbocycles. The molecule has 1 amide bonds. The van der Waals surface area contributed by atoms with Crippen LogP contribution >= 0.6 is 0 Å². The van der Waals surface area contributed by atoms with Crippen LogP contribution in [0.15, 0.2) is 18.2 Å². The molecule has 0 bridgehead atoms. The number of rotatable bonds is 6. The first-order valence-corrected chi connectivity index (χ1v) is 6.35. The van der Waals surface area contributed by atoms with Crippen molar-refractivity contribution in [1.29, 1.82) is 0 Å². The Morgan fingerprint density at radius 1 is 1.38 bits per heavy atom. The maximum Gasteiger partial charge on any atom is 0.401 e. The van der Waals surface area contributed by atoms with Gasteiger partial charge in [-0.3, -0.25) is 9.69 Å². The zero-order chi connectivity index (χ0) is 16.0. The van der Waals surface area contributed by atoms with Gasteiger partial charge in [0.05, 0.1) is 24.5 Å². The highest BCUT2D eigenvalue weighted by atomic mass is 19.4. The van der Waals surface area contributed by atoms with Gasteiger partial charge in [-0.1, -0.05) is 6.92 Å². The molecule has 0 radical (unpaired) electrons. The molecule has 0 atom stereocenters. The topological polar surface area (TPSA) is 58.4 Å². The Bertz CT molecular complexity index is 491. The van der Waals surface area contributed by atoms with Crippen LogP contribution in [0.2, 0.25) is 0 Å². The summed E-state index contributed by atoms with van der Waals surface area (Å²) in [5.41, 5.74) is 5.70. The molecule has 0 aliphatic heterocycles. The summed E-state index contributed by atoms with van der Waals surface area (Å²) in [5, 5.41) is 2.37. The number of anilines is 2. The van der Waals surface area contributed by atoms with E-state index in [4.69, 9.17) is 5.73 Å². The van der Waals surface area contributed by atoms with Crippen LogP contribution in [0.5, 0.6) is 0 Å². The molecule has 0 saturated heterocycles. The molecule has 0 aromatic heterocycles. The number of carbonyl (C=O) groups excluding carboxylic acids is 1. The van der Waals surface area contributed by atoms with Crippen molar-refractivity contribution in [1.82, 2.24) is 4.90 Å². The zero-order valence-electron chi connectivity index (χ0n) is 11.5. The summed E-state index contributed by atoms with van der Waals surface area (Å²) in [6.07, 6.45) is -3.88. The summed E-state index contributed by atoms with van der Waals surface area (Å²) in [6, 6.07) is 3.39. The average molecular weight is 307 g/mol. The number of carbonyl (C=O) groups is 1. The number of hydrogen-bond donors (Lipinski definition) is 2. The van der Waals surface area contributed by atoms with E-state index in [2.05, 4.69) is 5.32 Å². The van der Waals surface area contributed by atoms with Crippen molar-refractivity contribution in [2.75, 3.05) is 30.7 Å². The molecule has 0 aliphatic carbocycles. The van der Waals surface area contributed by atoms with Crippen LogP contribution in [0.4, 0.5) is 28.9 Å². The van der Waals surface area contributed by atoms with Gasteiger partial charge in [-0.25, -0.2) is 4.39 Å². The van der Waals surface area contributed by atoms with Crippen LogP contribution in [0, 0.1) is 5.82 Å². The summed E-state index contributed by atoms with van der Waals surface area (Å²) in [5.74, 6) is -1.19. The third-order valence-corrected chi connectivity index (χ3v) is 2.60. The molecule has 0 unspecified atom stereocenters. The van der Waals surface area contributed by atoms with E-state index < -0.39 is 31.0 Å². The minimum Gasteiger partial charge on any atom is -0.397 e. The molecular formula is C13H17F4N3O. The molecule has 3 N–H and O–H groups in total. The van der Waals surface area contributed by atoms with Crippen molar-refractivity contribution < 1.29 is 22.4 Å². The van der Waals surface area contributed by atoms with Crippen molar-refractivity contribution in [3.8, 4) is 0 Å². The predicted octanol–water partition coefficient (Wildman–Crippen LogP) is 2.62. The van der Waals surface area contributed by atoms with Crippen molar-refractivity contribution in [2.45, 2.75) is 19.5 Å². The Labute approximate surface area is 119 Å². The number of halogens is 4. The van der Waals surface area contributed by atoms with Gasteiger partial charge in [0.15, 0.2) is 0 Å². The lowest BCUT2D eigenvalue weighted by Crippen LogP contribution is -2.40. The molecule has 0 heterocycles. The van der Waals surface area contributed by atoms with E-state index in [1.807, 2.05) is 0 Å². The summed E-state index contributed by atoms with van der Waals surface area (Å²) in [6.45, 7) is 0.294. The fourth-order valence-electron chi connectivity index (χ4n) is 1.82. The second kappa shape index (κ2) is 7.26. The van der Waals surface area contributed by atoms with E-state index in [1.165, 1.54) is 6.07 Å². The van der Waals surface area contributed by atoms with E-state index >= 15 is 0 Å². The van der Waals surface area contributed by atoms with Gasteiger partial charge < -0.3 is 11.1 Å². The average Bonchev–Trinajstić information content (AvgIpc) is 2.31. The highest BCUT2D eigenvalue weighted by Crippen LogP contribution is 2.20. The minimum absolute atomic E-state index is 0.0150. The Balaban J connectivity index is 2.65. The Morgan fingerprint density at radius 2 is 2.05 bits per heavy atom. The van der Waals surface area contributed by atoms with E-state index in [-0.39, 0.29) is 17.9 Å². The number of nitrogens with zero attached hydrogens (tertiary/aromatic N) is 1. The number of alkyl halides is 3. The lowest BCUT2D eigenvalue weighted by Gasteiger charge is -2.22. The van der Waals surface area contributed by atoms with Gasteiger partial charge in [-0.15, -0.1) is 0 Å². The normalized spacial score (nSPS) is 11.7. The Morgan fingerprint density at radius 3 is 2.57 bits per heavy atom. The highest BCUT2D eigenvalue weighted by Gasteiger charge is 2.31. The molecule has 8 heteroatoms. The second-order valence-electron chi connectivity index (χ2n) is 4.61. The summed E-state index contributed by atoms with van der Waals surface area (Å²) < 4.78 is 50.0. The molecule has 1 aromatic rings. The van der Waals surface area contributed by atoms with Crippen molar-refractivity contribution in [3.05, 3.63) is 24.0 Å². The smallest absolute Gasteiger partial charge is 0.397 e. The van der Waals surface area contributed by atoms with Crippen LogP contribution < -0.4 is 11.1 Å². The number of nitrogen functional groups attached to an aromatic ring is 1. The molecule has 1 rings (SSSR count). The third-order valence-electron chi connectivity index (χ3n) is 2.60. The molecule has 4 nitrogen and oxygen atoms in total. The lowest BCUT2D eigenvalue weighted by atomic mass is 10.2. The molecule has 0 saturated carbocycles. The number of benzene rings is 1. The quantitative estimate of drug-likeness (QED) is 0.627. The summed E-state index contributed by atoms with van der Waals surface area (Å²) in [7, 11) is 0. The zero-order valence-corrected chi connectivity index (χ0v) is 11.5. The van der Waals surface area contributed by atoms with Gasteiger partial charge in [-0.05, 0) is 31.2 Å². The number of amides is 1. The highest BCUT2D eigenvalue weighted by molar-refractivity contribution is 5.95. The molecule has 0 aliphatic rings. The summed E-state index contributed by atoms with van der Waals surface area (Å²) in [4.78, 5) is 12.7. The molecular weight excluding hydrogens is 290 g/mol. The van der Waals surface area contributed by atoms with Crippen LogP contribution in [-0.2, 0) is 4.79 Å². The van der Waals surface area contributed by atoms with Gasteiger partial charge in [0.25, 0.3) is 0 Å². The SMILES string of the molecule is CCCN(CC(=O)Nc1ccc(F)cc1N)CC(F)(F)F. The van der Waals surface area contributed by atoms with Gasteiger partial charge in [-0.2, -0.15) is 13.2 Å². The maximum absolute atomic E-state index is 12.9. The van der Waals surface area contributed by atoms with E-state index in [0.717, 1.165) is 17.0 Å². The predicted molar refractivity (Wildman–Crippen MR) is 72.2 cm³/mol. The molecule has 21 heavy (non-hydrogen) atoms. The van der Waals surface area contributed by atoms with E-state index in [9.17, 15) is 22.4 Å². The van der Waals surface area contributed by atoms with Crippen LogP contribution in [-0.4, -0.2) is 36.6 Å². The Kier molecular flexibility index (Phi) is 5.95. The third kappa shape index (κ3) is 6.44. The lowest BCUT2D eigenvalue weighted by molar-refractivity contribution is -0.147. The first kappa shape index (κ1) is 17.2. The fraction of sp³-hybridized carbons (Fsp3) is 0.462. The monoisotopic (exact) mass is 307 g/mol. The van der Waals surface area contributed by atoms with Gasteiger partial charge >= 0.3 is 6.18 Å². The molecule has 0 spiro atoms. The van der Waals surface area contributed by atoms with Crippen molar-refractivity contribution >= 4 is 17.3 Å². The van der Waals surface area contributed by atoms with Gasteiger partial charge in [0.2, 0.25) is 5.91 Å². The number of hydrogen-bond acceptors (Lipinski definition) is 3. The van der Waals surface area contributed by atoms with Crippen molar-refractivity contribution in [2.24, 2.45) is 0 Å². The van der Waals surface area contributed by atoms with Crippen LogP contribution in [0.3, 0.4) is 0 Å². The van der Waals surface area contributed by atoms with Gasteiger partial charge in [0, 0.05) is 0 Å². The van der Waals surface area contributed by atoms with Crippen molar-refractivity contribution in [3.63, 3.8) is 0 Å². The first-order chi connectivity index (χ1) is 9.71. The largest absolute Gasteiger partial charge is 0.401 e. The first-order valence-electron chi connectivity index (χ1n) is 6.35. The van der Waals surface area contributed by atoms with Gasteiger partial charge in [0.1, 0.15) is 5.82 Å². The minimum atomic E-state index is -4.37. The summed E-state index contributed by atoms with van der Waals surface area (Å²) >= 11 is 0.